The zero-order valence-corrected chi connectivity index (χ0v) is 33.2. The summed E-state index contributed by atoms with van der Waals surface area (Å²) in [6.45, 7) is 0. The van der Waals surface area contributed by atoms with E-state index in [0.29, 0.717) is 34.4 Å². The van der Waals surface area contributed by atoms with Gasteiger partial charge in [-0.05, 0) is 60.7 Å². The van der Waals surface area contributed by atoms with Gasteiger partial charge < -0.3 is 0 Å². The Bertz CT molecular complexity index is 3300. The van der Waals surface area contributed by atoms with Gasteiger partial charge in [-0.25, -0.2) is 29.9 Å². The van der Waals surface area contributed by atoms with Gasteiger partial charge >= 0.3 is 0 Å². The molecule has 6 aromatic carbocycles. The normalized spacial score (nSPS) is 11.5. The van der Waals surface area contributed by atoms with E-state index in [1.807, 2.05) is 84.9 Å². The molecule has 0 fully saturated rings. The molecule has 0 unspecified atom stereocenters. The molecule has 62 heavy (non-hydrogen) atoms. The first kappa shape index (κ1) is 35.3. The number of benzene rings is 6. The van der Waals surface area contributed by atoms with Gasteiger partial charge in [-0.15, -0.1) is 0 Å². The maximum absolute atomic E-state index is 5.28. The van der Waals surface area contributed by atoms with E-state index in [2.05, 4.69) is 130 Å². The van der Waals surface area contributed by atoms with Crippen molar-refractivity contribution in [3.8, 4) is 68.6 Å². The molecule has 8 heteroatoms. The molecule has 0 amide bonds. The van der Waals surface area contributed by atoms with Crippen LogP contribution in [0.2, 0.25) is 0 Å². The molecule has 8 nitrogen and oxygen atoms in total. The lowest BCUT2D eigenvalue weighted by molar-refractivity contribution is 1.05. The van der Waals surface area contributed by atoms with Crippen LogP contribution in [0.1, 0.15) is 0 Å². The molecule has 0 saturated carbocycles. The van der Waals surface area contributed by atoms with E-state index >= 15 is 0 Å². The van der Waals surface area contributed by atoms with E-state index in [0.717, 1.165) is 56.2 Å². The van der Waals surface area contributed by atoms with Crippen LogP contribution in [-0.2, 0) is 0 Å². The molecule has 6 heterocycles. The highest BCUT2D eigenvalue weighted by molar-refractivity contribution is 6.10. The van der Waals surface area contributed by atoms with Crippen molar-refractivity contribution in [1.82, 2.24) is 39.0 Å². The average molecular weight is 795 g/mol. The molecule has 12 rings (SSSR count). The van der Waals surface area contributed by atoms with E-state index in [1.165, 1.54) is 21.5 Å². The highest BCUT2D eigenvalue weighted by atomic mass is 15.1. The molecule has 0 N–H and O–H groups in total. The summed E-state index contributed by atoms with van der Waals surface area (Å²) in [7, 11) is 0. The highest BCUT2D eigenvalue weighted by Crippen LogP contribution is 2.35. The predicted molar refractivity (Wildman–Crippen MR) is 249 cm³/mol. The molecule has 290 valence electrons. The van der Waals surface area contributed by atoms with Gasteiger partial charge in [-0.1, -0.05) is 146 Å². The number of para-hydroxylation sites is 4. The fourth-order valence-electron chi connectivity index (χ4n) is 8.59. The van der Waals surface area contributed by atoms with Crippen molar-refractivity contribution in [3.05, 3.63) is 206 Å². The van der Waals surface area contributed by atoms with Gasteiger partial charge in [0.15, 0.2) is 11.6 Å². The van der Waals surface area contributed by atoms with Gasteiger partial charge in [0.25, 0.3) is 0 Å². The van der Waals surface area contributed by atoms with Crippen LogP contribution in [0.5, 0.6) is 0 Å². The lowest BCUT2D eigenvalue weighted by atomic mass is 10.1. The Morgan fingerprint density at radius 1 is 0.242 bits per heavy atom. The number of rotatable bonds is 7. The van der Waals surface area contributed by atoms with Crippen LogP contribution in [0.25, 0.3) is 112 Å². The summed E-state index contributed by atoms with van der Waals surface area (Å²) in [5.74, 6) is 2.34. The van der Waals surface area contributed by atoms with Gasteiger partial charge in [0.05, 0.1) is 56.2 Å². The first-order valence-electron chi connectivity index (χ1n) is 20.5. The van der Waals surface area contributed by atoms with Gasteiger partial charge in [-0.2, -0.15) is 0 Å². The van der Waals surface area contributed by atoms with Crippen molar-refractivity contribution >= 4 is 43.6 Å². The van der Waals surface area contributed by atoms with Crippen LogP contribution in [0.15, 0.2) is 206 Å². The molecule has 0 aliphatic carbocycles. The Morgan fingerprint density at radius 3 is 0.935 bits per heavy atom. The Kier molecular flexibility index (Phi) is 8.31. The molecular weight excluding hydrogens is 761 g/mol. The number of hydrogen-bond acceptors (Lipinski definition) is 6. The van der Waals surface area contributed by atoms with Gasteiger partial charge in [0.2, 0.25) is 0 Å². The van der Waals surface area contributed by atoms with Crippen molar-refractivity contribution < 1.29 is 0 Å². The van der Waals surface area contributed by atoms with Gasteiger partial charge in [0, 0.05) is 32.7 Å². The van der Waals surface area contributed by atoms with Gasteiger partial charge in [-0.3, -0.25) is 9.13 Å². The summed E-state index contributed by atoms with van der Waals surface area (Å²) in [4.78, 5) is 31.3. The molecular formula is C54H34N8. The maximum atomic E-state index is 5.28. The zero-order chi connectivity index (χ0) is 41.0. The number of hydrogen-bond donors (Lipinski definition) is 0. The highest BCUT2D eigenvalue weighted by Gasteiger charge is 2.20. The summed E-state index contributed by atoms with van der Waals surface area (Å²) in [6.07, 6.45) is 0. The second-order valence-electron chi connectivity index (χ2n) is 15.2. The van der Waals surface area contributed by atoms with Crippen LogP contribution in [-0.4, -0.2) is 39.0 Å². The molecule has 0 bridgehead atoms. The molecule has 6 aromatic heterocycles. The first-order chi connectivity index (χ1) is 30.7. The average Bonchev–Trinajstić information content (AvgIpc) is 3.87. The Labute approximate surface area is 356 Å². The minimum absolute atomic E-state index is 0.378. The molecule has 0 aliphatic rings. The predicted octanol–water partition coefficient (Wildman–Crippen LogP) is 12.6. The topological polar surface area (TPSA) is 87.2 Å². The summed E-state index contributed by atoms with van der Waals surface area (Å²) in [5, 5.41) is 4.69. The summed E-state index contributed by atoms with van der Waals surface area (Å²) in [5.41, 5.74) is 10.4. The van der Waals surface area contributed by atoms with Crippen molar-refractivity contribution in [3.63, 3.8) is 0 Å². The lowest BCUT2D eigenvalue weighted by Crippen LogP contribution is -2.04. The number of aromatic nitrogens is 8. The quantitative estimate of drug-likeness (QED) is 0.160. The molecule has 0 aliphatic heterocycles. The van der Waals surface area contributed by atoms with Crippen LogP contribution >= 0.6 is 0 Å². The molecule has 0 atom stereocenters. The SMILES string of the molecule is c1ccc(-c2cc(-c3cccc(-n4c5ccccc5c5ccccc54)n3)nc(-c3nc(-c4ccccc4)cc(-c4cccc(-n5c6ccccc6c6ccccc65)n4)n3)n2)cc1. The number of nitrogens with zero attached hydrogens (tertiary/aromatic N) is 8. The van der Waals surface area contributed by atoms with E-state index < -0.39 is 0 Å². The van der Waals surface area contributed by atoms with Crippen molar-refractivity contribution in [2.45, 2.75) is 0 Å². The van der Waals surface area contributed by atoms with Crippen molar-refractivity contribution in [2.75, 3.05) is 0 Å². The van der Waals surface area contributed by atoms with Gasteiger partial charge in [0.1, 0.15) is 11.6 Å². The number of pyridine rings is 2. The zero-order valence-electron chi connectivity index (χ0n) is 33.2. The molecule has 0 saturated heterocycles. The largest absolute Gasteiger partial charge is 0.294 e. The van der Waals surface area contributed by atoms with E-state index in [1.54, 1.807) is 0 Å². The van der Waals surface area contributed by atoms with Crippen LogP contribution in [0.3, 0.4) is 0 Å². The third kappa shape index (κ3) is 6.00. The maximum Gasteiger partial charge on any atom is 0.198 e. The smallest absolute Gasteiger partial charge is 0.198 e. The molecule has 0 radical (unpaired) electrons. The third-order valence-corrected chi connectivity index (χ3v) is 11.4. The Hall–Kier alpha value is -8.62. The molecule has 12 aromatic rings. The number of fused-ring (bicyclic) bond motifs is 6. The van der Waals surface area contributed by atoms with Crippen LogP contribution in [0.4, 0.5) is 0 Å². The lowest BCUT2D eigenvalue weighted by Gasteiger charge is -2.13. The third-order valence-electron chi connectivity index (χ3n) is 11.4. The van der Waals surface area contributed by atoms with Crippen molar-refractivity contribution in [1.29, 1.82) is 0 Å². The van der Waals surface area contributed by atoms with E-state index in [9.17, 15) is 0 Å². The fraction of sp³-hybridized carbons (Fsp3) is 0. The minimum atomic E-state index is 0.378. The van der Waals surface area contributed by atoms with Crippen LogP contribution in [0, 0.1) is 0 Å². The molecule has 0 spiro atoms. The van der Waals surface area contributed by atoms with E-state index in [4.69, 9.17) is 29.9 Å². The van der Waals surface area contributed by atoms with Crippen molar-refractivity contribution in [2.24, 2.45) is 0 Å². The second kappa shape index (κ2) is 14.6. The Morgan fingerprint density at radius 2 is 0.565 bits per heavy atom. The summed E-state index contributed by atoms with van der Waals surface area (Å²) < 4.78 is 4.43. The summed E-state index contributed by atoms with van der Waals surface area (Å²) in [6, 6.07) is 70.2. The van der Waals surface area contributed by atoms with Crippen LogP contribution < -0.4 is 0 Å². The fourth-order valence-corrected chi connectivity index (χ4v) is 8.59. The monoisotopic (exact) mass is 794 g/mol. The Balaban J connectivity index is 1.04. The second-order valence-corrected chi connectivity index (χ2v) is 15.2. The van der Waals surface area contributed by atoms with E-state index in [-0.39, 0.29) is 0 Å². The summed E-state index contributed by atoms with van der Waals surface area (Å²) >= 11 is 0. The standard InChI is InChI=1S/C54H34N8/c1-3-17-35(18-4-1)43-33-45(41-25-15-31-51(55-41)61-47-27-11-7-21-37(47)38-22-8-12-28-48(38)61)59-53(57-43)54-58-44(36-19-5-2-6-20-36)34-46(60-54)42-26-16-32-52(56-42)62-49-29-13-9-23-39(49)40-24-10-14-30-50(40)62/h1-34H. The minimum Gasteiger partial charge on any atom is -0.294 e. The first-order valence-corrected chi connectivity index (χ1v) is 20.5.